The Kier molecular flexibility index (Phi) is 2.27. The quantitative estimate of drug-likeness (QED) is 0.374. The number of hydrogen-bond donors (Lipinski definition) is 1. The molecule has 0 amide bonds. The standard InChI is InChI=1S/C6H11N5O/c1-10(2)6-8-5(4-7-12)9-11(6)3/h4,12H,1-3H3/b7-4+. The molecule has 66 valence electrons. The summed E-state index contributed by atoms with van der Waals surface area (Å²) in [6, 6.07) is 0. The topological polar surface area (TPSA) is 66.5 Å². The number of rotatable bonds is 2. The van der Waals surface area contributed by atoms with Gasteiger partial charge in [-0.15, -0.1) is 5.10 Å². The molecule has 0 radical (unpaired) electrons. The van der Waals surface area contributed by atoms with Crippen LogP contribution in [-0.4, -0.2) is 40.3 Å². The minimum Gasteiger partial charge on any atom is -0.411 e. The molecule has 0 aliphatic rings. The maximum absolute atomic E-state index is 8.23. The Labute approximate surface area is 70.1 Å². The van der Waals surface area contributed by atoms with Gasteiger partial charge in [0, 0.05) is 21.1 Å². The van der Waals surface area contributed by atoms with E-state index in [1.54, 1.807) is 11.7 Å². The third-order valence-corrected chi connectivity index (χ3v) is 1.33. The Morgan fingerprint density at radius 3 is 2.67 bits per heavy atom. The van der Waals surface area contributed by atoms with Gasteiger partial charge < -0.3 is 10.1 Å². The van der Waals surface area contributed by atoms with Crippen LogP contribution in [-0.2, 0) is 7.05 Å². The maximum atomic E-state index is 8.23. The molecular formula is C6H11N5O. The molecule has 1 aromatic rings. The summed E-state index contributed by atoms with van der Waals surface area (Å²) in [5.74, 6) is 1.11. The molecule has 0 aliphatic carbocycles. The smallest absolute Gasteiger partial charge is 0.223 e. The molecule has 0 fully saturated rings. The highest BCUT2D eigenvalue weighted by molar-refractivity contribution is 5.74. The first-order valence-electron chi connectivity index (χ1n) is 3.41. The van der Waals surface area contributed by atoms with Gasteiger partial charge in [-0.05, 0) is 0 Å². The minimum atomic E-state index is 0.392. The zero-order valence-electron chi connectivity index (χ0n) is 7.26. The van der Waals surface area contributed by atoms with Crippen molar-refractivity contribution in [2.24, 2.45) is 12.2 Å². The van der Waals surface area contributed by atoms with Gasteiger partial charge in [0.05, 0.1) is 0 Å². The third kappa shape index (κ3) is 1.52. The molecule has 0 spiro atoms. The Morgan fingerprint density at radius 2 is 2.25 bits per heavy atom. The van der Waals surface area contributed by atoms with E-state index in [1.165, 1.54) is 6.21 Å². The molecule has 0 aromatic carbocycles. The van der Waals surface area contributed by atoms with Crippen LogP contribution in [0.3, 0.4) is 0 Å². The van der Waals surface area contributed by atoms with E-state index in [4.69, 9.17) is 5.21 Å². The third-order valence-electron chi connectivity index (χ3n) is 1.33. The summed E-state index contributed by atoms with van der Waals surface area (Å²) in [4.78, 5) is 5.89. The maximum Gasteiger partial charge on any atom is 0.223 e. The van der Waals surface area contributed by atoms with Crippen LogP contribution in [0.25, 0.3) is 0 Å². The van der Waals surface area contributed by atoms with Gasteiger partial charge in [-0.3, -0.25) is 0 Å². The van der Waals surface area contributed by atoms with Gasteiger partial charge >= 0.3 is 0 Å². The van der Waals surface area contributed by atoms with Crippen LogP contribution in [0.4, 0.5) is 5.95 Å². The van der Waals surface area contributed by atoms with Crippen LogP contribution in [0.15, 0.2) is 5.16 Å². The highest BCUT2D eigenvalue weighted by Gasteiger charge is 2.05. The van der Waals surface area contributed by atoms with E-state index in [-0.39, 0.29) is 0 Å². The molecule has 1 aromatic heterocycles. The van der Waals surface area contributed by atoms with Crippen LogP contribution >= 0.6 is 0 Å². The molecule has 1 heterocycles. The van der Waals surface area contributed by atoms with Crippen molar-refractivity contribution in [3.63, 3.8) is 0 Å². The van der Waals surface area contributed by atoms with Crippen molar-refractivity contribution in [3.8, 4) is 0 Å². The second-order valence-electron chi connectivity index (χ2n) is 2.53. The molecule has 12 heavy (non-hydrogen) atoms. The summed E-state index contributed by atoms with van der Waals surface area (Å²) in [5.41, 5.74) is 0. The Balaban J connectivity index is 3.00. The van der Waals surface area contributed by atoms with Crippen molar-refractivity contribution >= 4 is 12.2 Å². The lowest BCUT2D eigenvalue weighted by atomic mass is 10.7. The van der Waals surface area contributed by atoms with E-state index >= 15 is 0 Å². The molecule has 0 aliphatic heterocycles. The van der Waals surface area contributed by atoms with E-state index in [0.29, 0.717) is 11.8 Å². The Bertz CT molecular complexity index is 290. The van der Waals surface area contributed by atoms with Crippen molar-refractivity contribution in [3.05, 3.63) is 5.82 Å². The van der Waals surface area contributed by atoms with E-state index in [1.807, 2.05) is 19.0 Å². The zero-order valence-corrected chi connectivity index (χ0v) is 7.26. The van der Waals surface area contributed by atoms with Gasteiger partial charge in [0.15, 0.2) is 5.82 Å². The summed E-state index contributed by atoms with van der Waals surface area (Å²) >= 11 is 0. The lowest BCUT2D eigenvalue weighted by Crippen LogP contribution is -2.14. The molecule has 0 saturated carbocycles. The van der Waals surface area contributed by atoms with Crippen LogP contribution in [0, 0.1) is 0 Å². The van der Waals surface area contributed by atoms with Gasteiger partial charge in [0.2, 0.25) is 5.95 Å². The highest BCUT2D eigenvalue weighted by Crippen LogP contribution is 2.04. The van der Waals surface area contributed by atoms with Gasteiger partial charge in [-0.2, -0.15) is 4.98 Å². The van der Waals surface area contributed by atoms with Gasteiger partial charge in [0.1, 0.15) is 6.21 Å². The molecule has 1 N–H and O–H groups in total. The first kappa shape index (κ1) is 8.51. The van der Waals surface area contributed by atoms with Gasteiger partial charge in [-0.1, -0.05) is 5.16 Å². The molecule has 0 saturated heterocycles. The number of aryl methyl sites for hydroxylation is 1. The fourth-order valence-electron chi connectivity index (χ4n) is 0.891. The van der Waals surface area contributed by atoms with Crippen molar-refractivity contribution < 1.29 is 5.21 Å². The van der Waals surface area contributed by atoms with Crippen LogP contribution < -0.4 is 4.90 Å². The fraction of sp³-hybridized carbons (Fsp3) is 0.500. The fourth-order valence-corrected chi connectivity index (χ4v) is 0.891. The van der Waals surface area contributed by atoms with E-state index < -0.39 is 0 Å². The molecule has 0 unspecified atom stereocenters. The second-order valence-corrected chi connectivity index (χ2v) is 2.53. The molecular weight excluding hydrogens is 158 g/mol. The summed E-state index contributed by atoms with van der Waals surface area (Å²) in [5, 5.41) is 15.0. The van der Waals surface area contributed by atoms with Crippen molar-refractivity contribution in [1.29, 1.82) is 0 Å². The molecule has 0 bridgehead atoms. The van der Waals surface area contributed by atoms with Crippen molar-refractivity contribution in [2.45, 2.75) is 0 Å². The number of hydrogen-bond acceptors (Lipinski definition) is 5. The largest absolute Gasteiger partial charge is 0.411 e. The molecule has 1 rings (SSSR count). The lowest BCUT2D eigenvalue weighted by Gasteiger charge is -2.08. The average molecular weight is 169 g/mol. The van der Waals surface area contributed by atoms with Crippen LogP contribution in [0.1, 0.15) is 5.82 Å². The normalized spacial score (nSPS) is 10.9. The monoisotopic (exact) mass is 169 g/mol. The lowest BCUT2D eigenvalue weighted by molar-refractivity contribution is 0.321. The first-order chi connectivity index (χ1) is 5.65. The summed E-state index contributed by atoms with van der Waals surface area (Å²) in [6.45, 7) is 0. The molecule has 6 nitrogen and oxygen atoms in total. The zero-order chi connectivity index (χ0) is 9.14. The van der Waals surface area contributed by atoms with Crippen LogP contribution in [0.2, 0.25) is 0 Å². The Hall–Kier alpha value is -1.59. The number of nitrogens with zero attached hydrogens (tertiary/aromatic N) is 5. The number of aromatic nitrogens is 3. The predicted molar refractivity (Wildman–Crippen MR) is 44.7 cm³/mol. The molecule has 0 atom stereocenters. The minimum absolute atomic E-state index is 0.392. The van der Waals surface area contributed by atoms with E-state index in [9.17, 15) is 0 Å². The number of oxime groups is 1. The van der Waals surface area contributed by atoms with Crippen LogP contribution in [0.5, 0.6) is 0 Å². The van der Waals surface area contributed by atoms with Crippen molar-refractivity contribution in [1.82, 2.24) is 14.8 Å². The first-order valence-corrected chi connectivity index (χ1v) is 3.41. The van der Waals surface area contributed by atoms with Gasteiger partial charge in [0.25, 0.3) is 0 Å². The summed E-state index contributed by atoms with van der Waals surface area (Å²) < 4.78 is 1.61. The number of anilines is 1. The average Bonchev–Trinajstić information content (AvgIpc) is 2.32. The van der Waals surface area contributed by atoms with Crippen molar-refractivity contribution in [2.75, 3.05) is 19.0 Å². The van der Waals surface area contributed by atoms with E-state index in [0.717, 1.165) is 0 Å². The summed E-state index contributed by atoms with van der Waals surface area (Å²) in [7, 11) is 5.50. The molecule has 6 heteroatoms. The predicted octanol–water partition coefficient (Wildman–Crippen LogP) is -0.311. The SMILES string of the molecule is CN(C)c1nc(/C=N/O)nn1C. The second kappa shape index (κ2) is 3.21. The summed E-state index contributed by atoms with van der Waals surface area (Å²) in [6.07, 6.45) is 1.19. The van der Waals surface area contributed by atoms with Gasteiger partial charge in [-0.25, -0.2) is 4.68 Å². The Morgan fingerprint density at radius 1 is 1.58 bits per heavy atom. The van der Waals surface area contributed by atoms with E-state index in [2.05, 4.69) is 15.2 Å². The highest BCUT2D eigenvalue weighted by atomic mass is 16.4.